The van der Waals surface area contributed by atoms with E-state index in [1.54, 1.807) is 18.2 Å². The molecular weight excluding hydrogens is 267 g/mol. The molecular formula is C17H15FN2O. The highest BCUT2D eigenvalue weighted by Gasteiger charge is 2.05. The number of halogens is 1. The summed E-state index contributed by atoms with van der Waals surface area (Å²) in [4.78, 5) is 4.34. The van der Waals surface area contributed by atoms with Gasteiger partial charge in [-0.25, -0.2) is 9.37 Å². The summed E-state index contributed by atoms with van der Waals surface area (Å²) in [5.74, 6) is 0.185. The van der Waals surface area contributed by atoms with Crippen molar-refractivity contribution in [3.05, 3.63) is 71.5 Å². The van der Waals surface area contributed by atoms with E-state index in [-0.39, 0.29) is 12.4 Å². The number of hydrogen-bond donors (Lipinski definition) is 1. The highest BCUT2D eigenvalue weighted by molar-refractivity contribution is 5.81. The normalized spacial score (nSPS) is 10.9. The fourth-order valence-electron chi connectivity index (χ4n) is 2.18. The maximum absolute atomic E-state index is 13.5. The van der Waals surface area contributed by atoms with Crippen LogP contribution in [0, 0.1) is 5.82 Å². The lowest BCUT2D eigenvalue weighted by Gasteiger charge is -2.09. The molecule has 0 saturated carbocycles. The van der Waals surface area contributed by atoms with Gasteiger partial charge < -0.3 is 10.5 Å². The summed E-state index contributed by atoms with van der Waals surface area (Å²) in [7, 11) is 0. The topological polar surface area (TPSA) is 48.1 Å². The highest BCUT2D eigenvalue weighted by atomic mass is 19.1. The monoisotopic (exact) mass is 282 g/mol. The van der Waals surface area contributed by atoms with Gasteiger partial charge in [-0.2, -0.15) is 0 Å². The fraction of sp³-hybridized carbons (Fsp3) is 0.118. The Morgan fingerprint density at radius 2 is 1.67 bits per heavy atom. The molecule has 0 aliphatic heterocycles. The molecule has 3 rings (SSSR count). The van der Waals surface area contributed by atoms with Crippen molar-refractivity contribution in [1.29, 1.82) is 0 Å². The van der Waals surface area contributed by atoms with Gasteiger partial charge in [0.1, 0.15) is 11.6 Å². The third-order valence-corrected chi connectivity index (χ3v) is 3.31. The molecule has 0 spiro atoms. The van der Waals surface area contributed by atoms with E-state index < -0.39 is 0 Å². The maximum Gasteiger partial charge on any atom is 0.129 e. The van der Waals surface area contributed by atoms with E-state index in [4.69, 9.17) is 10.5 Å². The zero-order valence-corrected chi connectivity index (χ0v) is 11.4. The summed E-state index contributed by atoms with van der Waals surface area (Å²) in [6.07, 6.45) is 0. The van der Waals surface area contributed by atoms with Gasteiger partial charge in [-0.15, -0.1) is 0 Å². The van der Waals surface area contributed by atoms with Crippen molar-refractivity contribution in [2.75, 3.05) is 5.73 Å². The van der Waals surface area contributed by atoms with Crippen molar-refractivity contribution in [2.45, 2.75) is 13.2 Å². The largest absolute Gasteiger partial charge is 0.383 e. The zero-order valence-electron chi connectivity index (χ0n) is 11.4. The fourth-order valence-corrected chi connectivity index (χ4v) is 2.18. The van der Waals surface area contributed by atoms with Gasteiger partial charge in [0.05, 0.1) is 18.7 Å². The number of ether oxygens (including phenoxy) is 1. The van der Waals surface area contributed by atoms with Crippen molar-refractivity contribution in [3.8, 4) is 0 Å². The number of fused-ring (bicyclic) bond motifs is 1. The molecule has 2 aromatic carbocycles. The van der Waals surface area contributed by atoms with Gasteiger partial charge in [0.15, 0.2) is 0 Å². The minimum absolute atomic E-state index is 0.207. The van der Waals surface area contributed by atoms with Crippen LogP contribution in [0.1, 0.15) is 11.1 Å². The van der Waals surface area contributed by atoms with Crippen LogP contribution < -0.4 is 5.73 Å². The molecule has 1 aromatic heterocycles. The number of para-hydroxylation sites is 1. The summed E-state index contributed by atoms with van der Waals surface area (Å²) in [5, 5.41) is 1.01. The number of nitrogens with two attached hydrogens (primary N) is 1. The first-order valence-electron chi connectivity index (χ1n) is 6.69. The molecule has 0 saturated heterocycles. The number of benzene rings is 2. The second-order valence-corrected chi connectivity index (χ2v) is 4.81. The third kappa shape index (κ3) is 3.01. The zero-order chi connectivity index (χ0) is 14.7. The van der Waals surface area contributed by atoms with E-state index in [0.717, 1.165) is 16.5 Å². The Morgan fingerprint density at radius 3 is 2.52 bits per heavy atom. The van der Waals surface area contributed by atoms with Gasteiger partial charge in [-0.3, -0.25) is 0 Å². The minimum atomic E-state index is -0.262. The van der Waals surface area contributed by atoms with Crippen LogP contribution in [0.4, 0.5) is 10.2 Å². The molecule has 0 amide bonds. The van der Waals surface area contributed by atoms with Gasteiger partial charge in [0.2, 0.25) is 0 Å². The quantitative estimate of drug-likeness (QED) is 0.794. The van der Waals surface area contributed by atoms with Gasteiger partial charge in [-0.05, 0) is 18.2 Å². The molecule has 3 aromatic rings. The van der Waals surface area contributed by atoms with Crippen LogP contribution in [-0.2, 0) is 18.0 Å². The molecule has 2 N–H and O–H groups in total. The first kappa shape index (κ1) is 13.5. The number of nitrogen functional groups attached to an aromatic ring is 1. The minimum Gasteiger partial charge on any atom is -0.383 e. The van der Waals surface area contributed by atoms with Gasteiger partial charge in [0.25, 0.3) is 0 Å². The summed E-state index contributed by atoms with van der Waals surface area (Å²) in [5.41, 5.74) is 8.13. The van der Waals surface area contributed by atoms with Gasteiger partial charge >= 0.3 is 0 Å². The number of nitrogens with zero attached hydrogens (tertiary/aromatic N) is 1. The standard InChI is InChI=1S/C17H15FN2O/c18-15-7-3-1-6-13(15)10-21-11-14-9-12-5-2-4-8-16(12)20-17(14)19/h1-9H,10-11H2,(H2,19,20). The Hall–Kier alpha value is -2.46. The van der Waals surface area contributed by atoms with E-state index in [1.165, 1.54) is 6.07 Å². The third-order valence-electron chi connectivity index (χ3n) is 3.31. The lowest BCUT2D eigenvalue weighted by molar-refractivity contribution is 0.105. The van der Waals surface area contributed by atoms with E-state index >= 15 is 0 Å². The van der Waals surface area contributed by atoms with E-state index in [0.29, 0.717) is 18.0 Å². The molecule has 1 heterocycles. The summed E-state index contributed by atoms with van der Waals surface area (Å²) in [6.45, 7) is 0.511. The molecule has 0 aliphatic carbocycles. The molecule has 3 nitrogen and oxygen atoms in total. The van der Waals surface area contributed by atoms with Crippen LogP contribution in [0.2, 0.25) is 0 Å². The smallest absolute Gasteiger partial charge is 0.129 e. The number of aromatic nitrogens is 1. The van der Waals surface area contributed by atoms with Crippen molar-refractivity contribution in [2.24, 2.45) is 0 Å². The van der Waals surface area contributed by atoms with Crippen LogP contribution in [0.15, 0.2) is 54.6 Å². The molecule has 0 aliphatic rings. The first-order valence-corrected chi connectivity index (χ1v) is 6.69. The van der Waals surface area contributed by atoms with Crippen molar-refractivity contribution in [3.63, 3.8) is 0 Å². The van der Waals surface area contributed by atoms with Gasteiger partial charge in [-0.1, -0.05) is 36.4 Å². The van der Waals surface area contributed by atoms with Crippen molar-refractivity contribution in [1.82, 2.24) is 4.98 Å². The Kier molecular flexibility index (Phi) is 3.79. The summed E-state index contributed by atoms with van der Waals surface area (Å²) >= 11 is 0. The summed E-state index contributed by atoms with van der Waals surface area (Å²) < 4.78 is 19.0. The number of hydrogen-bond acceptors (Lipinski definition) is 3. The molecule has 0 unspecified atom stereocenters. The Morgan fingerprint density at radius 1 is 0.952 bits per heavy atom. The van der Waals surface area contributed by atoms with E-state index in [9.17, 15) is 4.39 Å². The lowest BCUT2D eigenvalue weighted by atomic mass is 10.1. The van der Waals surface area contributed by atoms with E-state index in [1.807, 2.05) is 30.3 Å². The second kappa shape index (κ2) is 5.89. The average molecular weight is 282 g/mol. The molecule has 0 fully saturated rings. The molecule has 0 atom stereocenters. The predicted molar refractivity (Wildman–Crippen MR) is 81.0 cm³/mol. The first-order chi connectivity index (χ1) is 10.2. The van der Waals surface area contributed by atoms with Crippen LogP contribution in [0.5, 0.6) is 0 Å². The second-order valence-electron chi connectivity index (χ2n) is 4.81. The Balaban J connectivity index is 1.73. The molecule has 0 bridgehead atoms. The number of pyridine rings is 1. The van der Waals surface area contributed by atoms with E-state index in [2.05, 4.69) is 4.98 Å². The number of anilines is 1. The highest BCUT2D eigenvalue weighted by Crippen LogP contribution is 2.19. The molecule has 4 heteroatoms. The van der Waals surface area contributed by atoms with Crippen LogP contribution >= 0.6 is 0 Å². The Bertz CT molecular complexity index is 774. The number of rotatable bonds is 4. The molecule has 106 valence electrons. The van der Waals surface area contributed by atoms with Gasteiger partial charge in [0, 0.05) is 16.5 Å². The predicted octanol–water partition coefficient (Wildman–Crippen LogP) is 3.67. The lowest BCUT2D eigenvalue weighted by Crippen LogP contribution is -2.02. The van der Waals surface area contributed by atoms with Crippen molar-refractivity contribution >= 4 is 16.7 Å². The SMILES string of the molecule is Nc1nc2ccccc2cc1COCc1ccccc1F. The van der Waals surface area contributed by atoms with Crippen molar-refractivity contribution < 1.29 is 9.13 Å². The summed E-state index contributed by atoms with van der Waals surface area (Å²) in [6, 6.07) is 16.3. The van der Waals surface area contributed by atoms with Crippen LogP contribution in [0.3, 0.4) is 0 Å². The molecule has 21 heavy (non-hydrogen) atoms. The van der Waals surface area contributed by atoms with Crippen LogP contribution in [0.25, 0.3) is 10.9 Å². The Labute approximate surface area is 122 Å². The maximum atomic E-state index is 13.5. The molecule has 0 radical (unpaired) electrons. The average Bonchev–Trinajstić information content (AvgIpc) is 2.49. The van der Waals surface area contributed by atoms with Crippen LogP contribution in [-0.4, -0.2) is 4.98 Å².